The van der Waals surface area contributed by atoms with Crippen molar-refractivity contribution in [3.8, 4) is 0 Å². The fourth-order valence-corrected chi connectivity index (χ4v) is 8.60. The van der Waals surface area contributed by atoms with E-state index >= 15 is 0 Å². The number of rotatable bonds is 6. The molecule has 2 aliphatic heterocycles. The molecule has 0 spiro atoms. The molecule has 0 unspecified atom stereocenters. The highest BCUT2D eigenvalue weighted by Gasteiger charge is 2.44. The van der Waals surface area contributed by atoms with Crippen LogP contribution < -0.4 is 26.2 Å². The van der Waals surface area contributed by atoms with Gasteiger partial charge >= 0.3 is 0 Å². The summed E-state index contributed by atoms with van der Waals surface area (Å²) in [5.41, 5.74) is 16.0. The predicted molar refractivity (Wildman–Crippen MR) is 218 cm³/mol. The smallest absolute Gasteiger partial charge is 0.252 e. The summed E-state index contributed by atoms with van der Waals surface area (Å²) in [4.78, 5) is 5.01. The molecule has 0 fully saturated rings. The lowest BCUT2D eigenvalue weighted by Gasteiger charge is -2.45. The molecule has 0 saturated carbocycles. The van der Waals surface area contributed by atoms with E-state index in [9.17, 15) is 0 Å². The van der Waals surface area contributed by atoms with Crippen LogP contribution >= 0.6 is 0 Å². The molecule has 0 radical (unpaired) electrons. The van der Waals surface area contributed by atoms with Gasteiger partial charge in [-0.15, -0.1) is 0 Å². The Labute approximate surface area is 302 Å². The first-order valence-corrected chi connectivity index (χ1v) is 18.1. The highest BCUT2D eigenvalue weighted by atomic mass is 15.2. The minimum absolute atomic E-state index is 0.113. The molecule has 246 valence electrons. The number of fused-ring (bicyclic) bond motifs is 4. The molecule has 0 amide bonds. The molecule has 0 saturated heterocycles. The van der Waals surface area contributed by atoms with Crippen LogP contribution in [0.1, 0.15) is 49.9 Å². The Morgan fingerprint density at radius 1 is 0.373 bits per heavy atom. The lowest BCUT2D eigenvalue weighted by atomic mass is 9.33. The van der Waals surface area contributed by atoms with Gasteiger partial charge in [0.2, 0.25) is 0 Å². The SMILES string of the molecule is CC(C)(c1ccccc1)c1ccc(N2c3ccccc3B3c4ccccc4N(c4ccccc4)c4cccc2c43)c(C(C)(C)c2ccccc2)c1. The Bertz CT molecular complexity index is 2380. The first kappa shape index (κ1) is 31.2. The van der Waals surface area contributed by atoms with Crippen molar-refractivity contribution in [3.63, 3.8) is 0 Å². The minimum Gasteiger partial charge on any atom is -0.311 e. The summed E-state index contributed by atoms with van der Waals surface area (Å²) >= 11 is 0. The molecule has 7 aromatic carbocycles. The normalized spacial score (nSPS) is 13.4. The van der Waals surface area contributed by atoms with E-state index in [4.69, 9.17) is 0 Å². The van der Waals surface area contributed by atoms with E-state index < -0.39 is 0 Å². The zero-order chi connectivity index (χ0) is 34.7. The Morgan fingerprint density at radius 3 is 1.45 bits per heavy atom. The fourth-order valence-electron chi connectivity index (χ4n) is 8.60. The molecule has 2 aliphatic rings. The quantitative estimate of drug-likeness (QED) is 0.164. The third-order valence-corrected chi connectivity index (χ3v) is 11.4. The summed E-state index contributed by atoms with van der Waals surface area (Å²) in [6.45, 7) is 9.57. The molecule has 2 heterocycles. The van der Waals surface area contributed by atoms with E-state index in [1.165, 1.54) is 72.8 Å². The third kappa shape index (κ3) is 4.87. The molecule has 7 aromatic rings. The summed E-state index contributed by atoms with van der Waals surface area (Å²) < 4.78 is 0. The van der Waals surface area contributed by atoms with Gasteiger partial charge < -0.3 is 9.80 Å². The molecular formula is C48H41BN2. The van der Waals surface area contributed by atoms with Gasteiger partial charge in [0.25, 0.3) is 6.71 Å². The lowest BCUT2D eigenvalue weighted by molar-refractivity contribution is 0.618. The van der Waals surface area contributed by atoms with Crippen molar-refractivity contribution >= 4 is 57.2 Å². The molecule has 9 rings (SSSR count). The maximum absolute atomic E-state index is 2.56. The third-order valence-electron chi connectivity index (χ3n) is 11.4. The van der Waals surface area contributed by atoms with Gasteiger partial charge in [-0.2, -0.15) is 0 Å². The van der Waals surface area contributed by atoms with Gasteiger partial charge in [-0.25, -0.2) is 0 Å². The standard InChI is InChI=1S/C48H41BN2/c1-47(2,34-19-8-5-9-20-34)36-31-32-41(38(33-36)48(3,4)35-21-10-6-11-22-35)51-43-28-17-15-26-40(43)49-39-25-14-16-27-42(39)50(37-23-12-7-13-24-37)44-29-18-30-45(51)46(44)49/h5-33H,1-4H3. The molecular weight excluding hydrogens is 615 g/mol. The second kappa shape index (κ2) is 11.9. The molecule has 0 N–H and O–H groups in total. The van der Waals surface area contributed by atoms with E-state index in [1.54, 1.807) is 0 Å². The number of anilines is 6. The van der Waals surface area contributed by atoms with Crippen molar-refractivity contribution in [2.75, 3.05) is 9.80 Å². The van der Waals surface area contributed by atoms with Gasteiger partial charge in [-0.05, 0) is 81.1 Å². The summed E-state index contributed by atoms with van der Waals surface area (Å²) in [5.74, 6) is 0. The van der Waals surface area contributed by atoms with Crippen LogP contribution in [-0.4, -0.2) is 6.71 Å². The van der Waals surface area contributed by atoms with Crippen molar-refractivity contribution in [1.82, 2.24) is 0 Å². The van der Waals surface area contributed by atoms with Gasteiger partial charge in [0, 0.05) is 39.3 Å². The Kier molecular flexibility index (Phi) is 7.29. The van der Waals surface area contributed by atoms with Crippen molar-refractivity contribution in [2.24, 2.45) is 0 Å². The molecule has 0 aliphatic carbocycles. The maximum Gasteiger partial charge on any atom is 0.252 e. The van der Waals surface area contributed by atoms with E-state index in [1.807, 2.05) is 0 Å². The molecule has 3 heteroatoms. The van der Waals surface area contributed by atoms with Crippen molar-refractivity contribution in [3.05, 3.63) is 198 Å². The van der Waals surface area contributed by atoms with Gasteiger partial charge in [0.05, 0.1) is 5.69 Å². The summed E-state index contributed by atoms with van der Waals surface area (Å²) in [6, 6.07) is 64.9. The van der Waals surface area contributed by atoms with Gasteiger partial charge in [-0.3, -0.25) is 0 Å². The minimum atomic E-state index is -0.289. The van der Waals surface area contributed by atoms with Crippen LogP contribution in [0, 0.1) is 0 Å². The van der Waals surface area contributed by atoms with E-state index in [2.05, 4.69) is 213 Å². The predicted octanol–water partition coefficient (Wildman–Crippen LogP) is 10.4. The Morgan fingerprint density at radius 2 is 0.843 bits per heavy atom. The van der Waals surface area contributed by atoms with Crippen molar-refractivity contribution < 1.29 is 0 Å². The van der Waals surface area contributed by atoms with Gasteiger partial charge in [0.15, 0.2) is 0 Å². The number of hydrogen-bond donors (Lipinski definition) is 0. The number of para-hydroxylation sites is 3. The molecule has 0 bridgehead atoms. The van der Waals surface area contributed by atoms with Crippen molar-refractivity contribution in [1.29, 1.82) is 0 Å². The summed E-state index contributed by atoms with van der Waals surface area (Å²) in [6.07, 6.45) is 0. The van der Waals surface area contributed by atoms with Gasteiger partial charge in [-0.1, -0.05) is 161 Å². The fraction of sp³-hybridized carbons (Fsp3) is 0.125. The topological polar surface area (TPSA) is 6.48 Å². The number of benzene rings is 7. The summed E-state index contributed by atoms with van der Waals surface area (Å²) in [5, 5.41) is 0. The zero-order valence-electron chi connectivity index (χ0n) is 29.7. The largest absolute Gasteiger partial charge is 0.311 e. The number of hydrogen-bond acceptors (Lipinski definition) is 2. The van der Waals surface area contributed by atoms with Crippen LogP contribution in [0.25, 0.3) is 0 Å². The monoisotopic (exact) mass is 656 g/mol. The van der Waals surface area contributed by atoms with Crippen LogP contribution in [0.15, 0.2) is 176 Å². The Balaban J connectivity index is 1.32. The van der Waals surface area contributed by atoms with Crippen molar-refractivity contribution in [2.45, 2.75) is 38.5 Å². The molecule has 0 aromatic heterocycles. The van der Waals surface area contributed by atoms with Crippen LogP contribution in [-0.2, 0) is 10.8 Å². The first-order chi connectivity index (χ1) is 24.9. The average molecular weight is 657 g/mol. The van der Waals surface area contributed by atoms with E-state index in [-0.39, 0.29) is 17.5 Å². The first-order valence-electron chi connectivity index (χ1n) is 18.1. The van der Waals surface area contributed by atoms with E-state index in [0.29, 0.717) is 0 Å². The van der Waals surface area contributed by atoms with Crippen LogP contribution in [0.2, 0.25) is 0 Å². The molecule has 2 nitrogen and oxygen atoms in total. The van der Waals surface area contributed by atoms with Crippen LogP contribution in [0.3, 0.4) is 0 Å². The maximum atomic E-state index is 2.56. The Hall–Kier alpha value is -5.80. The van der Waals surface area contributed by atoms with Gasteiger partial charge in [0.1, 0.15) is 0 Å². The number of nitrogens with zero attached hydrogens (tertiary/aromatic N) is 2. The zero-order valence-corrected chi connectivity index (χ0v) is 29.7. The van der Waals surface area contributed by atoms with E-state index in [0.717, 1.165) is 0 Å². The highest BCUT2D eigenvalue weighted by Crippen LogP contribution is 2.48. The second-order valence-corrected chi connectivity index (χ2v) is 15.0. The molecule has 51 heavy (non-hydrogen) atoms. The molecule has 0 atom stereocenters. The van der Waals surface area contributed by atoms with Crippen LogP contribution in [0.5, 0.6) is 0 Å². The van der Waals surface area contributed by atoms with Crippen LogP contribution in [0.4, 0.5) is 34.1 Å². The second-order valence-electron chi connectivity index (χ2n) is 15.0. The summed E-state index contributed by atoms with van der Waals surface area (Å²) in [7, 11) is 0. The average Bonchev–Trinajstić information content (AvgIpc) is 3.18. The lowest BCUT2D eigenvalue weighted by Crippen LogP contribution is -2.61. The highest BCUT2D eigenvalue weighted by molar-refractivity contribution is 7.00.